The maximum absolute atomic E-state index is 11.6. The van der Waals surface area contributed by atoms with Crippen molar-refractivity contribution in [1.29, 1.82) is 0 Å². The molecule has 0 radical (unpaired) electrons. The van der Waals surface area contributed by atoms with Gasteiger partial charge in [-0.25, -0.2) is 9.78 Å². The molecule has 0 aliphatic carbocycles. The van der Waals surface area contributed by atoms with Crippen LogP contribution >= 0.6 is 0 Å². The highest BCUT2D eigenvalue weighted by Crippen LogP contribution is 2.19. The second-order valence-corrected chi connectivity index (χ2v) is 5.02. The number of ether oxygens (including phenoxy) is 1. The minimum absolute atomic E-state index is 0.342. The molecule has 0 spiro atoms. The first-order valence-corrected chi connectivity index (χ1v) is 6.69. The smallest absolute Gasteiger partial charge is 0.358 e. The topological polar surface area (TPSA) is 50.1 Å². The van der Waals surface area contributed by atoms with Crippen LogP contribution in [-0.4, -0.2) is 60.6 Å². The average molecular weight is 274 g/mol. The van der Waals surface area contributed by atoms with Gasteiger partial charge >= 0.3 is 5.97 Å². The average Bonchev–Trinajstić information content (AvgIpc) is 2.91. The van der Waals surface area contributed by atoms with E-state index in [4.69, 9.17) is 4.74 Å². The number of anilines is 1. The summed E-state index contributed by atoms with van der Waals surface area (Å²) >= 11 is 0. The normalized spacial score (nSPS) is 16.6. The number of methoxy groups -OCH3 is 1. The first-order valence-electron chi connectivity index (χ1n) is 6.69. The van der Waals surface area contributed by atoms with Crippen molar-refractivity contribution in [2.24, 2.45) is 0 Å². The minimum atomic E-state index is -0.405. The van der Waals surface area contributed by atoms with Crippen LogP contribution in [0.3, 0.4) is 0 Å². The molecule has 1 aliphatic rings. The predicted molar refractivity (Wildman–Crippen MR) is 76.2 cm³/mol. The summed E-state index contributed by atoms with van der Waals surface area (Å²) < 4.78 is 6.69. The molecular weight excluding hydrogens is 256 g/mol. The maximum Gasteiger partial charge on any atom is 0.358 e. The molecule has 0 bridgehead atoms. The number of pyridine rings is 1. The van der Waals surface area contributed by atoms with Crippen LogP contribution in [0.15, 0.2) is 24.4 Å². The van der Waals surface area contributed by atoms with Gasteiger partial charge in [-0.3, -0.25) is 4.40 Å². The highest BCUT2D eigenvalue weighted by atomic mass is 16.5. The molecule has 3 heterocycles. The third kappa shape index (κ3) is 2.22. The van der Waals surface area contributed by atoms with Crippen LogP contribution in [0.25, 0.3) is 5.65 Å². The summed E-state index contributed by atoms with van der Waals surface area (Å²) in [5.74, 6) is 0.663. The third-order valence-corrected chi connectivity index (χ3v) is 3.69. The number of imidazole rings is 1. The lowest BCUT2D eigenvalue weighted by molar-refractivity contribution is 0.0595. The highest BCUT2D eigenvalue weighted by molar-refractivity contribution is 5.88. The number of nitrogens with zero attached hydrogens (tertiary/aromatic N) is 4. The number of fused-ring (bicyclic) bond motifs is 1. The first kappa shape index (κ1) is 12.9. The van der Waals surface area contributed by atoms with Crippen molar-refractivity contribution in [3.8, 4) is 0 Å². The molecule has 2 aromatic rings. The largest absolute Gasteiger partial charge is 0.464 e. The van der Waals surface area contributed by atoms with E-state index in [1.54, 1.807) is 6.20 Å². The number of hydrogen-bond donors (Lipinski definition) is 0. The van der Waals surface area contributed by atoms with Gasteiger partial charge in [0.15, 0.2) is 5.69 Å². The molecule has 0 aromatic carbocycles. The standard InChI is InChI=1S/C14H18N4O2/c1-16-6-8-17(9-7-16)13-5-3-4-12-15-11(10-18(12)13)14(19)20-2/h3-5,10H,6-9H2,1-2H3. The Labute approximate surface area is 117 Å². The predicted octanol–water partition coefficient (Wildman–Crippen LogP) is 0.873. The van der Waals surface area contributed by atoms with E-state index in [1.807, 2.05) is 16.5 Å². The van der Waals surface area contributed by atoms with Crippen molar-refractivity contribution in [2.45, 2.75) is 0 Å². The molecule has 0 unspecified atom stereocenters. The number of carbonyl (C=O) groups excluding carboxylic acids is 1. The Morgan fingerprint density at radius 1 is 1.25 bits per heavy atom. The van der Waals surface area contributed by atoms with Gasteiger partial charge < -0.3 is 14.5 Å². The molecule has 1 fully saturated rings. The van der Waals surface area contributed by atoms with Gasteiger partial charge in [-0.1, -0.05) is 6.07 Å². The second-order valence-electron chi connectivity index (χ2n) is 5.02. The molecule has 6 nitrogen and oxygen atoms in total. The minimum Gasteiger partial charge on any atom is -0.464 e. The molecule has 0 saturated carbocycles. The Morgan fingerprint density at radius 3 is 2.70 bits per heavy atom. The van der Waals surface area contributed by atoms with E-state index in [1.165, 1.54) is 7.11 Å². The second kappa shape index (κ2) is 5.13. The van der Waals surface area contributed by atoms with E-state index >= 15 is 0 Å². The van der Waals surface area contributed by atoms with Gasteiger partial charge in [-0.05, 0) is 19.2 Å². The van der Waals surface area contributed by atoms with E-state index in [0.717, 1.165) is 37.6 Å². The van der Waals surface area contributed by atoms with Gasteiger partial charge in [-0.2, -0.15) is 0 Å². The number of aromatic nitrogens is 2. The highest BCUT2D eigenvalue weighted by Gasteiger charge is 2.18. The number of carbonyl (C=O) groups is 1. The number of rotatable bonds is 2. The summed E-state index contributed by atoms with van der Waals surface area (Å²) in [6.07, 6.45) is 1.74. The van der Waals surface area contributed by atoms with Crippen LogP contribution in [-0.2, 0) is 4.74 Å². The van der Waals surface area contributed by atoms with Gasteiger partial charge in [0.25, 0.3) is 0 Å². The molecule has 2 aromatic heterocycles. The van der Waals surface area contributed by atoms with E-state index in [2.05, 4.69) is 27.9 Å². The van der Waals surface area contributed by atoms with Crippen molar-refractivity contribution >= 4 is 17.4 Å². The fourth-order valence-corrected chi connectivity index (χ4v) is 2.49. The summed E-state index contributed by atoms with van der Waals surface area (Å²) in [6.45, 7) is 4.02. The summed E-state index contributed by atoms with van der Waals surface area (Å²) in [5.41, 5.74) is 1.11. The Bertz CT molecular complexity index is 629. The van der Waals surface area contributed by atoms with Crippen LogP contribution in [0.2, 0.25) is 0 Å². The van der Waals surface area contributed by atoms with Crippen LogP contribution in [0.1, 0.15) is 10.5 Å². The molecule has 3 rings (SSSR count). The molecular formula is C14H18N4O2. The lowest BCUT2D eigenvalue weighted by atomic mass is 10.3. The van der Waals surface area contributed by atoms with Crippen molar-refractivity contribution < 1.29 is 9.53 Å². The molecule has 0 amide bonds. The fraction of sp³-hybridized carbons (Fsp3) is 0.429. The van der Waals surface area contributed by atoms with Gasteiger partial charge in [-0.15, -0.1) is 0 Å². The summed E-state index contributed by atoms with van der Waals surface area (Å²) in [7, 11) is 3.50. The van der Waals surface area contributed by atoms with E-state index in [9.17, 15) is 4.79 Å². The summed E-state index contributed by atoms with van der Waals surface area (Å²) in [5, 5.41) is 0. The quantitative estimate of drug-likeness (QED) is 0.761. The Hall–Kier alpha value is -2.08. The Balaban J connectivity index is 1.98. The monoisotopic (exact) mass is 274 g/mol. The number of piperazine rings is 1. The van der Waals surface area contributed by atoms with Gasteiger partial charge in [0.05, 0.1) is 7.11 Å². The lowest BCUT2D eigenvalue weighted by Gasteiger charge is -2.34. The van der Waals surface area contributed by atoms with E-state index in [-0.39, 0.29) is 0 Å². The zero-order chi connectivity index (χ0) is 14.1. The SMILES string of the molecule is COC(=O)c1cn2c(N3CCN(C)CC3)cccc2n1. The van der Waals surface area contributed by atoms with Crippen LogP contribution in [0.5, 0.6) is 0 Å². The van der Waals surface area contributed by atoms with Crippen LogP contribution in [0.4, 0.5) is 5.82 Å². The Morgan fingerprint density at radius 2 is 2.00 bits per heavy atom. The van der Waals surface area contributed by atoms with Crippen molar-refractivity contribution in [2.75, 3.05) is 45.2 Å². The Kier molecular flexibility index (Phi) is 3.31. The van der Waals surface area contributed by atoms with Crippen molar-refractivity contribution in [3.05, 3.63) is 30.1 Å². The lowest BCUT2D eigenvalue weighted by Crippen LogP contribution is -2.45. The maximum atomic E-state index is 11.6. The van der Waals surface area contributed by atoms with Gasteiger partial charge in [0, 0.05) is 32.4 Å². The molecule has 106 valence electrons. The fourth-order valence-electron chi connectivity index (χ4n) is 2.49. The van der Waals surface area contributed by atoms with E-state index in [0.29, 0.717) is 5.69 Å². The molecule has 1 saturated heterocycles. The number of esters is 1. The summed E-state index contributed by atoms with van der Waals surface area (Å²) in [6, 6.07) is 5.92. The van der Waals surface area contributed by atoms with E-state index < -0.39 is 5.97 Å². The third-order valence-electron chi connectivity index (χ3n) is 3.69. The van der Waals surface area contributed by atoms with Crippen LogP contribution in [0, 0.1) is 0 Å². The first-order chi connectivity index (χ1) is 9.69. The van der Waals surface area contributed by atoms with Crippen molar-refractivity contribution in [3.63, 3.8) is 0 Å². The number of hydrogen-bond acceptors (Lipinski definition) is 5. The molecule has 0 atom stereocenters. The van der Waals surface area contributed by atoms with Gasteiger partial charge in [0.1, 0.15) is 11.5 Å². The molecule has 0 N–H and O–H groups in total. The zero-order valence-corrected chi connectivity index (χ0v) is 11.7. The molecule has 1 aliphatic heterocycles. The van der Waals surface area contributed by atoms with Gasteiger partial charge in [0.2, 0.25) is 0 Å². The zero-order valence-electron chi connectivity index (χ0n) is 11.7. The number of likely N-dealkylation sites (N-methyl/N-ethyl adjacent to an activating group) is 1. The van der Waals surface area contributed by atoms with Crippen LogP contribution < -0.4 is 4.90 Å². The van der Waals surface area contributed by atoms with Crippen molar-refractivity contribution in [1.82, 2.24) is 14.3 Å². The molecule has 20 heavy (non-hydrogen) atoms. The summed E-state index contributed by atoms with van der Waals surface area (Å²) in [4.78, 5) is 20.5. The molecule has 6 heteroatoms.